The summed E-state index contributed by atoms with van der Waals surface area (Å²) < 4.78 is 36.5. The van der Waals surface area contributed by atoms with Crippen molar-refractivity contribution in [3.05, 3.63) is 29.6 Å². The lowest BCUT2D eigenvalue weighted by molar-refractivity contribution is 0.587. The molecular weight excluding hydrogens is 229 g/mol. The minimum Gasteiger partial charge on any atom is -0.224 e. The van der Waals surface area contributed by atoms with Crippen molar-refractivity contribution in [3.8, 4) is 6.07 Å². The fourth-order valence-corrected chi connectivity index (χ4v) is 3.16. The van der Waals surface area contributed by atoms with Crippen molar-refractivity contribution < 1.29 is 12.8 Å². The monoisotopic (exact) mass is 241 g/mol. The number of benzene rings is 1. The first kappa shape index (κ1) is 12.7. The standard InChI is InChI=1S/C11H12FNO2S/c1-8(6-13)7-16(14,15)11-4-3-10(12)5-9(11)2/h3-5,8H,7H2,1-2H3. The van der Waals surface area contributed by atoms with Crippen molar-refractivity contribution >= 4 is 9.84 Å². The Kier molecular flexibility index (Phi) is 3.66. The van der Waals surface area contributed by atoms with E-state index in [2.05, 4.69) is 0 Å². The van der Waals surface area contributed by atoms with Crippen molar-refractivity contribution in [1.82, 2.24) is 0 Å². The van der Waals surface area contributed by atoms with Crippen LogP contribution >= 0.6 is 0 Å². The van der Waals surface area contributed by atoms with Gasteiger partial charge >= 0.3 is 0 Å². The Balaban J connectivity index is 3.14. The Hall–Kier alpha value is -1.41. The van der Waals surface area contributed by atoms with Gasteiger partial charge in [-0.15, -0.1) is 0 Å². The molecule has 0 aliphatic carbocycles. The molecule has 86 valence electrons. The maximum atomic E-state index is 12.8. The number of sulfone groups is 1. The van der Waals surface area contributed by atoms with Crippen LogP contribution in [0.2, 0.25) is 0 Å². The predicted molar refractivity (Wildman–Crippen MR) is 58.0 cm³/mol. The van der Waals surface area contributed by atoms with E-state index < -0.39 is 21.6 Å². The van der Waals surface area contributed by atoms with Crippen LogP contribution in [0.4, 0.5) is 4.39 Å². The highest BCUT2D eigenvalue weighted by molar-refractivity contribution is 7.91. The predicted octanol–water partition coefficient (Wildman–Crippen LogP) is 2.07. The molecule has 3 nitrogen and oxygen atoms in total. The first-order valence-electron chi connectivity index (χ1n) is 4.75. The summed E-state index contributed by atoms with van der Waals surface area (Å²) in [7, 11) is -3.51. The van der Waals surface area contributed by atoms with Gasteiger partial charge in [-0.2, -0.15) is 5.26 Å². The van der Waals surface area contributed by atoms with Crippen LogP contribution in [-0.2, 0) is 9.84 Å². The normalized spacial score (nSPS) is 13.1. The third-order valence-corrected chi connectivity index (χ3v) is 4.23. The van der Waals surface area contributed by atoms with Crippen LogP contribution < -0.4 is 0 Å². The summed E-state index contributed by atoms with van der Waals surface area (Å²) in [6.07, 6.45) is 0. The zero-order valence-corrected chi connectivity index (χ0v) is 9.88. The van der Waals surface area contributed by atoms with E-state index in [1.807, 2.05) is 6.07 Å². The maximum absolute atomic E-state index is 12.8. The average Bonchev–Trinajstić information content (AvgIpc) is 2.16. The van der Waals surface area contributed by atoms with E-state index in [-0.39, 0.29) is 10.6 Å². The maximum Gasteiger partial charge on any atom is 0.179 e. The largest absolute Gasteiger partial charge is 0.224 e. The van der Waals surface area contributed by atoms with Gasteiger partial charge in [0.15, 0.2) is 9.84 Å². The minimum atomic E-state index is -3.51. The van der Waals surface area contributed by atoms with Crippen LogP contribution in [0.25, 0.3) is 0 Å². The molecule has 0 aliphatic rings. The number of halogens is 1. The number of aryl methyl sites for hydroxylation is 1. The molecule has 1 aromatic carbocycles. The number of nitrogens with zero attached hydrogens (tertiary/aromatic N) is 1. The summed E-state index contributed by atoms with van der Waals surface area (Å²) in [5.74, 6) is -1.28. The topological polar surface area (TPSA) is 57.9 Å². The molecule has 5 heteroatoms. The van der Waals surface area contributed by atoms with Crippen LogP contribution in [0, 0.1) is 30.0 Å². The van der Waals surface area contributed by atoms with Crippen molar-refractivity contribution in [2.24, 2.45) is 5.92 Å². The van der Waals surface area contributed by atoms with Gasteiger partial charge in [-0.1, -0.05) is 0 Å². The summed E-state index contributed by atoms with van der Waals surface area (Å²) in [6.45, 7) is 3.07. The van der Waals surface area contributed by atoms with Crippen LogP contribution in [0.5, 0.6) is 0 Å². The highest BCUT2D eigenvalue weighted by Gasteiger charge is 2.20. The van der Waals surface area contributed by atoms with Crippen molar-refractivity contribution in [1.29, 1.82) is 5.26 Å². The molecule has 0 amide bonds. The van der Waals surface area contributed by atoms with E-state index >= 15 is 0 Å². The first-order valence-corrected chi connectivity index (χ1v) is 6.40. The molecule has 0 heterocycles. The van der Waals surface area contributed by atoms with Gasteiger partial charge in [0, 0.05) is 0 Å². The third-order valence-electron chi connectivity index (χ3n) is 2.16. The van der Waals surface area contributed by atoms with E-state index in [0.717, 1.165) is 6.07 Å². The van der Waals surface area contributed by atoms with Gasteiger partial charge in [0.1, 0.15) is 5.82 Å². The van der Waals surface area contributed by atoms with E-state index in [1.54, 1.807) is 0 Å². The highest BCUT2D eigenvalue weighted by atomic mass is 32.2. The van der Waals surface area contributed by atoms with Crippen LogP contribution in [-0.4, -0.2) is 14.2 Å². The molecule has 0 aromatic heterocycles. The lowest BCUT2D eigenvalue weighted by atomic mass is 10.2. The van der Waals surface area contributed by atoms with Crippen LogP contribution in [0.3, 0.4) is 0 Å². The average molecular weight is 241 g/mol. The fourth-order valence-electron chi connectivity index (χ4n) is 1.42. The second kappa shape index (κ2) is 4.62. The second-order valence-electron chi connectivity index (χ2n) is 3.72. The van der Waals surface area contributed by atoms with E-state index in [9.17, 15) is 12.8 Å². The minimum absolute atomic E-state index is 0.0935. The molecule has 0 saturated carbocycles. The molecule has 0 saturated heterocycles. The molecule has 16 heavy (non-hydrogen) atoms. The van der Waals surface area contributed by atoms with Crippen molar-refractivity contribution in [2.75, 3.05) is 5.75 Å². The number of hydrogen-bond donors (Lipinski definition) is 0. The van der Waals surface area contributed by atoms with Gasteiger partial charge in [-0.3, -0.25) is 0 Å². The number of rotatable bonds is 3. The first-order chi connectivity index (χ1) is 7.36. The molecule has 0 N–H and O–H groups in total. The quantitative estimate of drug-likeness (QED) is 0.761. The molecule has 0 spiro atoms. The van der Waals surface area contributed by atoms with Crippen molar-refractivity contribution in [2.45, 2.75) is 18.7 Å². The van der Waals surface area contributed by atoms with Gasteiger partial charge in [0.05, 0.1) is 22.6 Å². The van der Waals surface area contributed by atoms with Gasteiger partial charge in [-0.05, 0) is 37.6 Å². The Morgan fingerprint density at radius 1 is 1.50 bits per heavy atom. The molecular formula is C11H12FNO2S. The SMILES string of the molecule is Cc1cc(F)ccc1S(=O)(=O)CC(C)C#N. The molecule has 0 fully saturated rings. The van der Waals surface area contributed by atoms with Gasteiger partial charge in [-0.25, -0.2) is 12.8 Å². The van der Waals surface area contributed by atoms with Crippen LogP contribution in [0.1, 0.15) is 12.5 Å². The highest BCUT2D eigenvalue weighted by Crippen LogP contribution is 2.19. The second-order valence-corrected chi connectivity index (χ2v) is 5.72. The van der Waals surface area contributed by atoms with E-state index in [4.69, 9.17) is 5.26 Å². The van der Waals surface area contributed by atoms with Gasteiger partial charge in [0.25, 0.3) is 0 Å². The Labute approximate surface area is 94.4 Å². The third kappa shape index (κ3) is 2.80. The van der Waals surface area contributed by atoms with Crippen molar-refractivity contribution in [3.63, 3.8) is 0 Å². The molecule has 0 aliphatic heterocycles. The number of nitriles is 1. The molecule has 1 unspecified atom stereocenters. The molecule has 0 radical (unpaired) electrons. The van der Waals surface area contributed by atoms with Crippen LogP contribution in [0.15, 0.2) is 23.1 Å². The van der Waals surface area contributed by atoms with Gasteiger partial charge in [0.2, 0.25) is 0 Å². The smallest absolute Gasteiger partial charge is 0.179 e. The summed E-state index contributed by atoms with van der Waals surface area (Å²) in [5.41, 5.74) is 0.366. The zero-order valence-electron chi connectivity index (χ0n) is 9.07. The van der Waals surface area contributed by atoms with E-state index in [0.29, 0.717) is 5.56 Å². The lowest BCUT2D eigenvalue weighted by Gasteiger charge is -2.08. The zero-order chi connectivity index (χ0) is 12.3. The molecule has 1 aromatic rings. The molecule has 0 bridgehead atoms. The Morgan fingerprint density at radius 2 is 2.12 bits per heavy atom. The summed E-state index contributed by atoms with van der Waals surface area (Å²) in [6, 6.07) is 5.39. The Morgan fingerprint density at radius 3 is 2.62 bits per heavy atom. The number of hydrogen-bond acceptors (Lipinski definition) is 3. The lowest BCUT2D eigenvalue weighted by Crippen LogP contribution is -2.14. The molecule has 1 atom stereocenters. The van der Waals surface area contributed by atoms with Gasteiger partial charge < -0.3 is 0 Å². The summed E-state index contributed by atoms with van der Waals surface area (Å²) in [4.78, 5) is 0.0935. The fraction of sp³-hybridized carbons (Fsp3) is 0.364. The Bertz CT molecular complexity index is 531. The van der Waals surface area contributed by atoms with E-state index in [1.165, 1.54) is 26.0 Å². The summed E-state index contributed by atoms with van der Waals surface area (Å²) in [5, 5.41) is 8.58. The summed E-state index contributed by atoms with van der Waals surface area (Å²) >= 11 is 0. The molecule has 1 rings (SSSR count).